The Hall–Kier alpha value is -0.830. The van der Waals surface area contributed by atoms with E-state index < -0.39 is 17.0 Å². The number of methoxy groups -OCH3 is 1. The fourth-order valence-corrected chi connectivity index (χ4v) is 2.29. The molecule has 1 unspecified atom stereocenters. The first-order valence-corrected chi connectivity index (χ1v) is 5.85. The fraction of sp³-hybridized carbons (Fsp3) is 0.538. The van der Waals surface area contributed by atoms with Gasteiger partial charge in [0, 0.05) is 17.7 Å². The van der Waals surface area contributed by atoms with E-state index >= 15 is 0 Å². The van der Waals surface area contributed by atoms with Crippen LogP contribution >= 0.6 is 11.6 Å². The molecule has 0 aliphatic heterocycles. The Kier molecular flexibility index (Phi) is 4.36. The van der Waals surface area contributed by atoms with Gasteiger partial charge in [0.2, 0.25) is 0 Å². The van der Waals surface area contributed by atoms with Crippen LogP contribution in [-0.2, 0) is 0 Å². The van der Waals surface area contributed by atoms with Crippen molar-refractivity contribution >= 4 is 11.6 Å². The first kappa shape index (κ1) is 14.2. The van der Waals surface area contributed by atoms with Crippen LogP contribution < -0.4 is 4.74 Å². The normalized spacial score (nSPS) is 13.6. The van der Waals surface area contributed by atoms with Crippen LogP contribution in [0.15, 0.2) is 12.1 Å². The van der Waals surface area contributed by atoms with Crippen molar-refractivity contribution in [2.75, 3.05) is 7.11 Å². The lowest BCUT2D eigenvalue weighted by Crippen LogP contribution is -2.11. The molecule has 0 bridgehead atoms. The number of hydrogen-bond donors (Lipinski definition) is 0. The Morgan fingerprint density at radius 2 is 1.71 bits per heavy atom. The van der Waals surface area contributed by atoms with Crippen molar-refractivity contribution in [1.29, 1.82) is 0 Å². The van der Waals surface area contributed by atoms with Crippen LogP contribution in [0.3, 0.4) is 0 Å². The molecule has 1 nitrogen and oxygen atoms in total. The van der Waals surface area contributed by atoms with Crippen molar-refractivity contribution < 1.29 is 13.5 Å². The summed E-state index contributed by atoms with van der Waals surface area (Å²) in [7, 11) is 1.36. The predicted octanol–water partition coefficient (Wildman–Crippen LogP) is 4.69. The van der Waals surface area contributed by atoms with Crippen molar-refractivity contribution in [1.82, 2.24) is 0 Å². The van der Waals surface area contributed by atoms with Crippen LogP contribution in [0.2, 0.25) is 0 Å². The lowest BCUT2D eigenvalue weighted by molar-refractivity contribution is 0.363. The molecule has 0 radical (unpaired) electrons. The molecule has 0 aliphatic rings. The van der Waals surface area contributed by atoms with Crippen LogP contribution in [0.1, 0.15) is 38.1 Å². The molecule has 0 saturated carbocycles. The van der Waals surface area contributed by atoms with Crippen LogP contribution in [-0.4, -0.2) is 7.11 Å². The minimum atomic E-state index is -0.680. The maximum absolute atomic E-state index is 13.7. The van der Waals surface area contributed by atoms with E-state index in [1.165, 1.54) is 7.11 Å². The SMILES string of the molecule is COc1cc(F)c(C(Cl)CC(C)(C)C)c(F)c1. The van der Waals surface area contributed by atoms with Gasteiger partial charge in [-0.05, 0) is 11.8 Å². The Bertz CT molecular complexity index is 376. The number of hydrogen-bond acceptors (Lipinski definition) is 1. The monoisotopic (exact) mass is 262 g/mol. The molecule has 0 aromatic heterocycles. The second-order valence-corrected chi connectivity index (χ2v) is 5.76. The number of rotatable bonds is 3. The smallest absolute Gasteiger partial charge is 0.134 e. The van der Waals surface area contributed by atoms with Crippen molar-refractivity contribution in [2.45, 2.75) is 32.6 Å². The third-order valence-electron chi connectivity index (χ3n) is 2.39. The average Bonchev–Trinajstić information content (AvgIpc) is 2.13. The molecule has 1 aromatic rings. The van der Waals surface area contributed by atoms with E-state index in [9.17, 15) is 8.78 Å². The molecule has 1 rings (SSSR count). The largest absolute Gasteiger partial charge is 0.497 e. The number of ether oxygens (including phenoxy) is 1. The first-order valence-electron chi connectivity index (χ1n) is 5.41. The summed E-state index contributed by atoms with van der Waals surface area (Å²) in [6.45, 7) is 5.92. The van der Waals surface area contributed by atoms with E-state index in [0.29, 0.717) is 6.42 Å². The number of halogens is 3. The molecule has 0 spiro atoms. The summed E-state index contributed by atoms with van der Waals surface area (Å²) in [5, 5.41) is -0.680. The molecule has 0 saturated heterocycles. The standard InChI is InChI=1S/C13H17ClF2O/c1-13(2,3)7-9(14)12-10(15)5-8(17-4)6-11(12)16/h5-6,9H,7H2,1-4H3. The maximum Gasteiger partial charge on any atom is 0.134 e. The predicted molar refractivity (Wildman–Crippen MR) is 65.6 cm³/mol. The summed E-state index contributed by atoms with van der Waals surface area (Å²) in [6, 6.07) is 2.30. The summed E-state index contributed by atoms with van der Waals surface area (Å²) in [6.07, 6.45) is 0.495. The summed E-state index contributed by atoms with van der Waals surface area (Å²) < 4.78 is 32.2. The van der Waals surface area contributed by atoms with Gasteiger partial charge in [0.05, 0.1) is 12.5 Å². The van der Waals surface area contributed by atoms with E-state index in [-0.39, 0.29) is 16.7 Å². The van der Waals surface area contributed by atoms with Gasteiger partial charge < -0.3 is 4.74 Å². The Morgan fingerprint density at radius 3 is 2.06 bits per heavy atom. The lowest BCUT2D eigenvalue weighted by Gasteiger charge is -2.22. The zero-order chi connectivity index (χ0) is 13.2. The average molecular weight is 263 g/mol. The Morgan fingerprint density at radius 1 is 1.24 bits per heavy atom. The molecule has 96 valence electrons. The van der Waals surface area contributed by atoms with Gasteiger partial charge >= 0.3 is 0 Å². The zero-order valence-electron chi connectivity index (χ0n) is 10.5. The van der Waals surface area contributed by atoms with E-state index in [1.807, 2.05) is 20.8 Å². The summed E-state index contributed by atoms with van der Waals surface area (Å²) in [5.74, 6) is -1.17. The molecule has 0 fully saturated rings. The second kappa shape index (κ2) is 5.21. The van der Waals surface area contributed by atoms with Crippen molar-refractivity contribution in [3.05, 3.63) is 29.3 Å². The van der Waals surface area contributed by atoms with Gasteiger partial charge in [-0.25, -0.2) is 8.78 Å². The van der Waals surface area contributed by atoms with Crippen LogP contribution in [0.4, 0.5) is 8.78 Å². The Labute approximate surface area is 106 Å². The summed E-state index contributed by atoms with van der Waals surface area (Å²) in [5.41, 5.74) is -0.173. The van der Waals surface area contributed by atoms with Gasteiger partial charge in [-0.15, -0.1) is 11.6 Å². The minimum absolute atomic E-state index is 0.0811. The molecule has 1 aromatic carbocycles. The summed E-state index contributed by atoms with van der Waals surface area (Å²) in [4.78, 5) is 0. The Balaban J connectivity index is 3.06. The lowest BCUT2D eigenvalue weighted by atomic mass is 9.88. The van der Waals surface area contributed by atoms with Gasteiger partial charge in [-0.1, -0.05) is 20.8 Å². The minimum Gasteiger partial charge on any atom is -0.497 e. The van der Waals surface area contributed by atoms with E-state index in [4.69, 9.17) is 16.3 Å². The molecule has 4 heteroatoms. The quantitative estimate of drug-likeness (QED) is 0.718. The first-order chi connectivity index (χ1) is 7.74. The second-order valence-electron chi connectivity index (χ2n) is 5.24. The molecular weight excluding hydrogens is 246 g/mol. The highest BCUT2D eigenvalue weighted by Crippen LogP contribution is 2.37. The summed E-state index contributed by atoms with van der Waals surface area (Å²) >= 11 is 6.08. The molecule has 0 heterocycles. The van der Waals surface area contributed by atoms with Gasteiger partial charge in [-0.3, -0.25) is 0 Å². The molecule has 0 N–H and O–H groups in total. The molecule has 17 heavy (non-hydrogen) atoms. The van der Waals surface area contributed by atoms with Crippen molar-refractivity contribution in [2.24, 2.45) is 5.41 Å². The third kappa shape index (κ3) is 3.84. The fourth-order valence-electron chi connectivity index (χ4n) is 1.62. The van der Waals surface area contributed by atoms with Gasteiger partial charge in [0.15, 0.2) is 0 Å². The van der Waals surface area contributed by atoms with E-state index in [2.05, 4.69) is 0 Å². The third-order valence-corrected chi connectivity index (χ3v) is 2.77. The van der Waals surface area contributed by atoms with E-state index in [0.717, 1.165) is 12.1 Å². The maximum atomic E-state index is 13.7. The highest BCUT2D eigenvalue weighted by molar-refractivity contribution is 6.20. The van der Waals surface area contributed by atoms with Crippen molar-refractivity contribution in [3.8, 4) is 5.75 Å². The molecule has 0 aliphatic carbocycles. The van der Waals surface area contributed by atoms with Gasteiger partial charge in [-0.2, -0.15) is 0 Å². The highest BCUT2D eigenvalue weighted by Gasteiger charge is 2.24. The van der Waals surface area contributed by atoms with Gasteiger partial charge in [0.25, 0.3) is 0 Å². The van der Waals surface area contributed by atoms with Crippen molar-refractivity contribution in [3.63, 3.8) is 0 Å². The van der Waals surface area contributed by atoms with Crippen LogP contribution in [0.5, 0.6) is 5.75 Å². The molecule has 0 amide bonds. The topological polar surface area (TPSA) is 9.23 Å². The zero-order valence-corrected chi connectivity index (χ0v) is 11.2. The number of benzene rings is 1. The molecular formula is C13H17ClF2O. The number of alkyl halides is 1. The van der Waals surface area contributed by atoms with Crippen LogP contribution in [0.25, 0.3) is 0 Å². The molecule has 1 atom stereocenters. The van der Waals surface area contributed by atoms with Crippen LogP contribution in [0, 0.1) is 17.0 Å². The van der Waals surface area contributed by atoms with E-state index in [1.54, 1.807) is 0 Å². The highest BCUT2D eigenvalue weighted by atomic mass is 35.5. The van der Waals surface area contributed by atoms with Gasteiger partial charge in [0.1, 0.15) is 17.4 Å².